The van der Waals surface area contributed by atoms with Crippen LogP contribution >= 0.6 is 11.6 Å². The van der Waals surface area contributed by atoms with Crippen molar-refractivity contribution in [1.29, 1.82) is 0 Å². The van der Waals surface area contributed by atoms with E-state index in [1.807, 2.05) is 0 Å². The second-order valence-corrected chi connectivity index (χ2v) is 4.89. The number of rotatable bonds is 2. The monoisotopic (exact) mass is 315 g/mol. The molecular weight excluding hydrogens is 302 g/mol. The van der Waals surface area contributed by atoms with Gasteiger partial charge in [0.2, 0.25) is 0 Å². The third-order valence-corrected chi connectivity index (χ3v) is 3.29. The van der Waals surface area contributed by atoms with Gasteiger partial charge in [0.1, 0.15) is 18.0 Å². The van der Waals surface area contributed by atoms with Gasteiger partial charge in [-0.1, -0.05) is 5.92 Å². The fraction of sp³-hybridized carbons (Fsp3) is 0.545. The molecule has 1 fully saturated rings. The first-order valence-electron chi connectivity index (χ1n) is 5.96. The molecule has 0 amide bonds. The Morgan fingerprint density at radius 2 is 2.33 bits per heavy atom. The highest BCUT2D eigenvalue weighted by Crippen LogP contribution is 2.36. The van der Waals surface area contributed by atoms with Crippen molar-refractivity contribution in [2.75, 3.05) is 5.73 Å². The molecule has 0 bridgehead atoms. The number of nitrogens with zero attached hydrogens (tertiary/aromatic N) is 3. The first-order chi connectivity index (χ1) is 9.81. The Morgan fingerprint density at radius 1 is 1.67 bits per heavy atom. The maximum Gasteiger partial charge on any atom is 0.368 e. The van der Waals surface area contributed by atoms with Crippen molar-refractivity contribution >= 4 is 17.4 Å². The smallest absolute Gasteiger partial charge is 0.368 e. The molecule has 0 aromatic carbocycles. The third kappa shape index (κ3) is 2.59. The Balaban J connectivity index is 2.54. The van der Waals surface area contributed by atoms with Crippen molar-refractivity contribution in [2.24, 2.45) is 5.73 Å². The molecule has 2 rings (SSSR count). The summed E-state index contributed by atoms with van der Waals surface area (Å²) in [6.07, 6.45) is -3.66. The van der Waals surface area contributed by atoms with Gasteiger partial charge in [-0.3, -0.25) is 0 Å². The molecule has 0 aliphatic carbocycles. The van der Waals surface area contributed by atoms with Gasteiger partial charge in [-0.2, -0.15) is 14.8 Å². The number of aliphatic hydroxyl groups excluding tert-OH is 2. The zero-order chi connectivity index (χ0) is 15.8. The summed E-state index contributed by atoms with van der Waals surface area (Å²) in [6.45, 7) is 1.41. The van der Waals surface area contributed by atoms with Crippen LogP contribution in [0, 0.1) is 11.3 Å². The van der Waals surface area contributed by atoms with Crippen LogP contribution in [-0.4, -0.2) is 48.8 Å². The minimum atomic E-state index is -1.74. The maximum absolute atomic E-state index is 11.9. The average molecular weight is 316 g/mol. The van der Waals surface area contributed by atoms with E-state index in [1.54, 1.807) is 0 Å². The highest BCUT2D eigenvalue weighted by atomic mass is 35.5. The van der Waals surface area contributed by atoms with Crippen molar-refractivity contribution < 1.29 is 14.9 Å². The van der Waals surface area contributed by atoms with Crippen molar-refractivity contribution in [3.63, 3.8) is 0 Å². The first kappa shape index (κ1) is 15.7. The summed E-state index contributed by atoms with van der Waals surface area (Å²) in [5, 5.41) is 25.7. The van der Waals surface area contributed by atoms with Crippen LogP contribution in [-0.2, 0) is 4.74 Å². The maximum atomic E-state index is 11.9. The second kappa shape index (κ2) is 5.59. The molecule has 1 aromatic heterocycles. The number of hydrogen-bond donors (Lipinski definition) is 4. The van der Waals surface area contributed by atoms with Crippen molar-refractivity contribution in [2.45, 2.75) is 37.0 Å². The topological polar surface area (TPSA) is 150 Å². The molecule has 1 aromatic rings. The van der Waals surface area contributed by atoms with E-state index >= 15 is 0 Å². The Labute approximate surface area is 124 Å². The van der Waals surface area contributed by atoms with Gasteiger partial charge in [0.25, 0.3) is 0 Å². The van der Waals surface area contributed by atoms with E-state index in [4.69, 9.17) is 27.8 Å². The summed E-state index contributed by atoms with van der Waals surface area (Å²) < 4.78 is 6.24. The van der Waals surface area contributed by atoms with E-state index in [9.17, 15) is 15.0 Å². The second-order valence-electron chi connectivity index (χ2n) is 4.70. The minimum Gasteiger partial charge on any atom is -0.391 e. The van der Waals surface area contributed by atoms with Gasteiger partial charge >= 0.3 is 5.69 Å². The van der Waals surface area contributed by atoms with Crippen LogP contribution in [0.3, 0.4) is 0 Å². The van der Waals surface area contributed by atoms with Gasteiger partial charge in [0.15, 0.2) is 11.8 Å². The molecule has 1 aliphatic rings. The fourth-order valence-corrected chi connectivity index (χ4v) is 2.29. The van der Waals surface area contributed by atoms with E-state index in [0.29, 0.717) is 0 Å². The lowest BCUT2D eigenvalue weighted by molar-refractivity contribution is -0.0816. The largest absolute Gasteiger partial charge is 0.391 e. The van der Waals surface area contributed by atoms with Gasteiger partial charge in [0, 0.05) is 5.38 Å². The molecule has 1 saturated heterocycles. The Hall–Kier alpha value is -1.70. The van der Waals surface area contributed by atoms with Crippen LogP contribution in [0.2, 0.25) is 0 Å². The number of anilines is 1. The molecule has 0 radical (unpaired) electrons. The summed E-state index contributed by atoms with van der Waals surface area (Å²) in [5.74, 6) is 2.32. The number of aliphatic hydroxyl groups is 2. The van der Waals surface area contributed by atoms with Crippen molar-refractivity contribution in [3.05, 3.63) is 16.7 Å². The molecule has 0 saturated carbocycles. The van der Waals surface area contributed by atoms with E-state index in [1.165, 1.54) is 6.92 Å². The standard InChI is InChI=1S/C11H14ClN5O4/c1-5(18)7-8(19)11(14,2-3-12)9(21-7)17-10(20)16-6(13)4-15-17/h4-5,7-9,18-19H,14H2,1H3,(H2,13,16,20)/t5-,7+,8?,9+,11+/m0/s1. The van der Waals surface area contributed by atoms with Crippen LogP contribution in [0.15, 0.2) is 11.0 Å². The number of nitrogens with two attached hydrogens (primary N) is 2. The Morgan fingerprint density at radius 3 is 2.86 bits per heavy atom. The SMILES string of the molecule is C[C@H](O)[C@H]1O[C@@H](n2ncc(N)nc2=O)[C@@](N)(C#CCl)C1O. The predicted molar refractivity (Wildman–Crippen MR) is 72.8 cm³/mol. The van der Waals surface area contributed by atoms with Gasteiger partial charge < -0.3 is 26.4 Å². The molecule has 10 heteroatoms. The number of aromatic nitrogens is 3. The van der Waals surface area contributed by atoms with E-state index < -0.39 is 35.8 Å². The highest BCUT2D eigenvalue weighted by Gasteiger charge is 2.56. The number of nitrogen functional groups attached to an aromatic ring is 1. The van der Waals surface area contributed by atoms with E-state index in [2.05, 4.69) is 21.4 Å². The van der Waals surface area contributed by atoms with Crippen LogP contribution < -0.4 is 17.2 Å². The quantitative estimate of drug-likeness (QED) is 0.447. The fourth-order valence-electron chi connectivity index (χ4n) is 2.13. The lowest BCUT2D eigenvalue weighted by atomic mass is 9.90. The summed E-state index contributed by atoms with van der Waals surface area (Å²) in [5.41, 5.74) is 8.81. The molecule has 6 N–H and O–H groups in total. The molecule has 0 spiro atoms. The normalized spacial score (nSPS) is 33.3. The lowest BCUT2D eigenvalue weighted by Crippen LogP contribution is -2.55. The van der Waals surface area contributed by atoms with E-state index in [0.717, 1.165) is 10.9 Å². The average Bonchev–Trinajstić information content (AvgIpc) is 2.64. The molecule has 9 nitrogen and oxygen atoms in total. The summed E-state index contributed by atoms with van der Waals surface area (Å²) in [6, 6.07) is 0. The van der Waals surface area contributed by atoms with Crippen LogP contribution in [0.4, 0.5) is 5.82 Å². The summed E-state index contributed by atoms with van der Waals surface area (Å²) in [4.78, 5) is 15.4. The molecular formula is C11H14ClN5O4. The summed E-state index contributed by atoms with van der Waals surface area (Å²) in [7, 11) is 0. The van der Waals surface area contributed by atoms with Crippen LogP contribution in [0.5, 0.6) is 0 Å². The van der Waals surface area contributed by atoms with Gasteiger partial charge in [-0.15, -0.1) is 0 Å². The third-order valence-electron chi connectivity index (χ3n) is 3.19. The zero-order valence-electron chi connectivity index (χ0n) is 11.0. The number of hydrogen-bond acceptors (Lipinski definition) is 8. The van der Waals surface area contributed by atoms with Gasteiger partial charge in [0.05, 0.1) is 12.3 Å². The Kier molecular flexibility index (Phi) is 4.18. The van der Waals surface area contributed by atoms with E-state index in [-0.39, 0.29) is 5.82 Å². The van der Waals surface area contributed by atoms with Gasteiger partial charge in [-0.25, -0.2) is 4.79 Å². The number of halogens is 1. The van der Waals surface area contributed by atoms with Crippen LogP contribution in [0.25, 0.3) is 0 Å². The molecule has 5 atom stereocenters. The lowest BCUT2D eigenvalue weighted by Gasteiger charge is -2.26. The molecule has 1 aliphatic heterocycles. The molecule has 2 heterocycles. The van der Waals surface area contributed by atoms with Gasteiger partial charge in [-0.05, 0) is 18.5 Å². The van der Waals surface area contributed by atoms with Crippen molar-refractivity contribution in [1.82, 2.24) is 14.8 Å². The Bertz CT molecular complexity index is 654. The molecule has 21 heavy (non-hydrogen) atoms. The first-order valence-corrected chi connectivity index (χ1v) is 6.33. The summed E-state index contributed by atoms with van der Waals surface area (Å²) >= 11 is 5.37. The number of ether oxygens (including phenoxy) is 1. The highest BCUT2D eigenvalue weighted by molar-refractivity contribution is 6.30. The van der Waals surface area contributed by atoms with Crippen molar-refractivity contribution in [3.8, 4) is 11.3 Å². The molecule has 114 valence electrons. The zero-order valence-corrected chi connectivity index (χ0v) is 11.7. The van der Waals surface area contributed by atoms with Crippen LogP contribution in [0.1, 0.15) is 13.2 Å². The predicted octanol–water partition coefficient (Wildman–Crippen LogP) is -2.24. The molecule has 1 unspecified atom stereocenters. The minimum absolute atomic E-state index is 0.0760.